The topological polar surface area (TPSA) is 76.5 Å². The number of methoxy groups -OCH3 is 1. The molecule has 0 saturated heterocycles. The lowest BCUT2D eigenvalue weighted by Crippen LogP contribution is -1.98. The van der Waals surface area contributed by atoms with E-state index in [4.69, 9.17) is 9.29 Å². The van der Waals surface area contributed by atoms with Gasteiger partial charge < -0.3 is 4.74 Å². The third-order valence-corrected chi connectivity index (χ3v) is 2.05. The van der Waals surface area contributed by atoms with Gasteiger partial charge in [-0.1, -0.05) is 0 Å². The van der Waals surface area contributed by atoms with Crippen LogP contribution in [0.25, 0.3) is 0 Å². The summed E-state index contributed by atoms with van der Waals surface area (Å²) in [4.78, 5) is 3.36. The molecule has 0 aromatic carbocycles. The molecule has 0 fully saturated rings. The molecule has 66 valence electrons. The van der Waals surface area contributed by atoms with E-state index in [2.05, 4.69) is 4.98 Å². The van der Waals surface area contributed by atoms with Crippen molar-refractivity contribution in [2.24, 2.45) is 0 Å². The van der Waals surface area contributed by atoms with Crippen LogP contribution in [0.3, 0.4) is 0 Å². The number of hydrogen-bond donors (Lipinski definition) is 1. The fourth-order valence-electron chi connectivity index (χ4n) is 0.640. The van der Waals surface area contributed by atoms with Crippen LogP contribution < -0.4 is 4.74 Å². The zero-order valence-electron chi connectivity index (χ0n) is 6.26. The van der Waals surface area contributed by atoms with Gasteiger partial charge in [-0.05, 0) is 6.07 Å². The zero-order chi connectivity index (χ0) is 9.19. The maximum Gasteiger partial charge on any atom is 0.296 e. The van der Waals surface area contributed by atoms with Crippen molar-refractivity contribution in [3.05, 3.63) is 18.3 Å². The molecule has 1 aromatic rings. The Balaban J connectivity index is 3.09. The first-order chi connectivity index (χ1) is 5.54. The summed E-state index contributed by atoms with van der Waals surface area (Å²) >= 11 is 0. The second-order valence-electron chi connectivity index (χ2n) is 2.01. The summed E-state index contributed by atoms with van der Waals surface area (Å²) in [5.41, 5.74) is 0. The summed E-state index contributed by atoms with van der Waals surface area (Å²) in [5, 5.41) is 0. The Kier molecular flexibility index (Phi) is 2.30. The number of aromatic nitrogens is 1. The Morgan fingerprint density at radius 2 is 2.17 bits per heavy atom. The fourth-order valence-corrected chi connectivity index (χ4v) is 1.07. The molecule has 1 rings (SSSR count). The van der Waals surface area contributed by atoms with Crippen LogP contribution in [-0.2, 0) is 10.1 Å². The molecule has 0 bridgehead atoms. The number of pyridine rings is 1. The molecule has 0 saturated carbocycles. The van der Waals surface area contributed by atoms with E-state index in [1.165, 1.54) is 19.2 Å². The van der Waals surface area contributed by atoms with Crippen LogP contribution in [0.1, 0.15) is 0 Å². The monoisotopic (exact) mass is 189 g/mol. The van der Waals surface area contributed by atoms with E-state index in [1.807, 2.05) is 0 Å². The summed E-state index contributed by atoms with van der Waals surface area (Å²) in [5.74, 6) is 0.294. The van der Waals surface area contributed by atoms with Gasteiger partial charge in [0.2, 0.25) is 5.88 Å². The van der Waals surface area contributed by atoms with Crippen molar-refractivity contribution in [1.82, 2.24) is 4.98 Å². The Morgan fingerprint density at radius 1 is 1.50 bits per heavy atom. The number of rotatable bonds is 2. The number of nitrogens with zero attached hydrogens (tertiary/aromatic N) is 1. The van der Waals surface area contributed by atoms with E-state index in [-0.39, 0.29) is 4.90 Å². The molecular formula is C6H7NO4S. The second kappa shape index (κ2) is 3.08. The maximum atomic E-state index is 10.5. The van der Waals surface area contributed by atoms with Crippen molar-refractivity contribution in [3.63, 3.8) is 0 Å². The van der Waals surface area contributed by atoms with Crippen LogP contribution in [0.2, 0.25) is 0 Å². The lowest BCUT2D eigenvalue weighted by Gasteiger charge is -1.98. The third kappa shape index (κ3) is 1.93. The Hall–Kier alpha value is -1.14. The van der Waals surface area contributed by atoms with Gasteiger partial charge >= 0.3 is 0 Å². The van der Waals surface area contributed by atoms with Gasteiger partial charge in [0.05, 0.1) is 13.3 Å². The van der Waals surface area contributed by atoms with Gasteiger partial charge in [0.15, 0.2) is 0 Å². The zero-order valence-corrected chi connectivity index (χ0v) is 7.08. The van der Waals surface area contributed by atoms with Crippen LogP contribution in [0, 0.1) is 0 Å². The molecule has 1 aromatic heterocycles. The lowest BCUT2D eigenvalue weighted by molar-refractivity contribution is 0.397. The van der Waals surface area contributed by atoms with Gasteiger partial charge in [0, 0.05) is 6.07 Å². The highest BCUT2D eigenvalue weighted by molar-refractivity contribution is 7.85. The second-order valence-corrected chi connectivity index (χ2v) is 3.43. The highest BCUT2D eigenvalue weighted by atomic mass is 32.2. The molecule has 0 radical (unpaired) electrons. The molecule has 0 amide bonds. The average Bonchev–Trinajstić information content (AvgIpc) is 2.03. The summed E-state index contributed by atoms with van der Waals surface area (Å²) in [6, 6.07) is 2.56. The van der Waals surface area contributed by atoms with Gasteiger partial charge in [-0.2, -0.15) is 8.42 Å². The first-order valence-corrected chi connectivity index (χ1v) is 4.45. The van der Waals surface area contributed by atoms with Crippen molar-refractivity contribution in [2.75, 3.05) is 7.11 Å². The number of hydrogen-bond acceptors (Lipinski definition) is 4. The summed E-state index contributed by atoms with van der Waals surface area (Å²) in [7, 11) is -2.73. The lowest BCUT2D eigenvalue weighted by atomic mass is 10.5. The van der Waals surface area contributed by atoms with E-state index < -0.39 is 10.1 Å². The largest absolute Gasteiger partial charge is 0.481 e. The van der Waals surface area contributed by atoms with E-state index in [0.717, 1.165) is 6.20 Å². The van der Waals surface area contributed by atoms with Gasteiger partial charge in [-0.15, -0.1) is 0 Å². The highest BCUT2D eigenvalue weighted by Crippen LogP contribution is 2.10. The average molecular weight is 189 g/mol. The molecule has 1 N–H and O–H groups in total. The summed E-state index contributed by atoms with van der Waals surface area (Å²) in [6.07, 6.45) is 1.02. The van der Waals surface area contributed by atoms with Crippen LogP contribution in [0.4, 0.5) is 0 Å². The van der Waals surface area contributed by atoms with E-state index >= 15 is 0 Å². The molecule has 0 aliphatic rings. The van der Waals surface area contributed by atoms with E-state index in [0.29, 0.717) is 5.88 Å². The number of ether oxygens (including phenoxy) is 1. The quantitative estimate of drug-likeness (QED) is 0.679. The minimum atomic E-state index is -4.15. The minimum Gasteiger partial charge on any atom is -0.481 e. The van der Waals surface area contributed by atoms with Crippen LogP contribution in [0.5, 0.6) is 5.88 Å². The smallest absolute Gasteiger partial charge is 0.296 e. The standard InChI is InChI=1S/C6H7NO4S/c1-11-6-3-2-5(4-7-6)12(8,9)10/h2-4H,1H3,(H,8,9,10). The van der Waals surface area contributed by atoms with Crippen LogP contribution >= 0.6 is 0 Å². The fraction of sp³-hybridized carbons (Fsp3) is 0.167. The predicted octanol–water partition coefficient (Wildman–Crippen LogP) is 0.337. The van der Waals surface area contributed by atoms with E-state index in [1.54, 1.807) is 0 Å². The Labute approximate surface area is 69.8 Å². The first kappa shape index (κ1) is 8.95. The van der Waals surface area contributed by atoms with Gasteiger partial charge in [-0.25, -0.2) is 4.98 Å². The van der Waals surface area contributed by atoms with Crippen molar-refractivity contribution >= 4 is 10.1 Å². The van der Waals surface area contributed by atoms with Crippen molar-refractivity contribution in [1.29, 1.82) is 0 Å². The first-order valence-electron chi connectivity index (χ1n) is 3.01. The molecule has 0 aliphatic carbocycles. The summed E-state index contributed by atoms with van der Waals surface area (Å²) < 4.78 is 34.3. The molecule has 1 heterocycles. The molecular weight excluding hydrogens is 182 g/mol. The predicted molar refractivity (Wildman–Crippen MR) is 40.6 cm³/mol. The molecule has 5 nitrogen and oxygen atoms in total. The third-order valence-electron chi connectivity index (χ3n) is 1.22. The minimum absolute atomic E-state index is 0.247. The van der Waals surface area contributed by atoms with Crippen LogP contribution in [0.15, 0.2) is 23.2 Å². The van der Waals surface area contributed by atoms with Crippen molar-refractivity contribution in [3.8, 4) is 5.88 Å². The molecule has 6 heteroatoms. The molecule has 0 unspecified atom stereocenters. The SMILES string of the molecule is COc1ccc(S(=O)(=O)O)cn1. The molecule has 0 atom stereocenters. The van der Waals surface area contributed by atoms with Gasteiger partial charge in [-0.3, -0.25) is 4.55 Å². The molecule has 12 heavy (non-hydrogen) atoms. The van der Waals surface area contributed by atoms with Crippen molar-refractivity contribution in [2.45, 2.75) is 4.90 Å². The van der Waals surface area contributed by atoms with Gasteiger partial charge in [0.1, 0.15) is 4.90 Å². The van der Waals surface area contributed by atoms with Gasteiger partial charge in [0.25, 0.3) is 10.1 Å². The maximum absolute atomic E-state index is 10.5. The molecule has 0 aliphatic heterocycles. The Morgan fingerprint density at radius 3 is 2.50 bits per heavy atom. The normalized spacial score (nSPS) is 11.2. The van der Waals surface area contributed by atoms with Crippen molar-refractivity contribution < 1.29 is 17.7 Å². The Bertz CT molecular complexity index is 356. The summed E-state index contributed by atoms with van der Waals surface area (Å²) in [6.45, 7) is 0. The molecule has 0 spiro atoms. The van der Waals surface area contributed by atoms with Crippen LogP contribution in [-0.4, -0.2) is 25.1 Å². The van der Waals surface area contributed by atoms with E-state index in [9.17, 15) is 8.42 Å². The highest BCUT2D eigenvalue weighted by Gasteiger charge is 2.08.